The molecule has 1 fully saturated rings. The Morgan fingerprint density at radius 2 is 2.19 bits per heavy atom. The third kappa shape index (κ3) is 3.74. The van der Waals surface area contributed by atoms with E-state index in [0.29, 0.717) is 19.6 Å². The molecule has 2 aliphatic heterocycles. The Balaban J connectivity index is 1.60. The maximum absolute atomic E-state index is 9.91. The third-order valence-electron chi connectivity index (χ3n) is 5.21. The summed E-state index contributed by atoms with van der Waals surface area (Å²) in [5.41, 5.74) is 5.16. The first-order valence-corrected chi connectivity index (χ1v) is 9.45. The van der Waals surface area contributed by atoms with Crippen LogP contribution in [0.25, 0.3) is 0 Å². The molecule has 0 aliphatic carbocycles. The SMILES string of the molecule is CC(O)c1ccc2c(c1)C(c1ccnc(N3CCOC(CCO)C3)c1)=NC2. The quantitative estimate of drug-likeness (QED) is 0.846. The molecule has 6 nitrogen and oxygen atoms in total. The Morgan fingerprint density at radius 3 is 3.00 bits per heavy atom. The van der Waals surface area contributed by atoms with Gasteiger partial charge in [-0.05, 0) is 42.7 Å². The van der Waals surface area contributed by atoms with E-state index < -0.39 is 6.10 Å². The second-order valence-electron chi connectivity index (χ2n) is 7.11. The van der Waals surface area contributed by atoms with E-state index in [0.717, 1.165) is 41.3 Å². The highest BCUT2D eigenvalue weighted by Crippen LogP contribution is 2.28. The summed E-state index contributed by atoms with van der Waals surface area (Å²) >= 11 is 0. The zero-order chi connectivity index (χ0) is 18.8. The van der Waals surface area contributed by atoms with Crippen LogP contribution in [0.5, 0.6) is 0 Å². The molecule has 0 bridgehead atoms. The van der Waals surface area contributed by atoms with E-state index >= 15 is 0 Å². The molecule has 0 radical (unpaired) electrons. The lowest BCUT2D eigenvalue weighted by atomic mass is 9.97. The normalized spacial score (nSPS) is 20.3. The van der Waals surface area contributed by atoms with Gasteiger partial charge in [-0.2, -0.15) is 0 Å². The van der Waals surface area contributed by atoms with E-state index in [2.05, 4.69) is 22.0 Å². The van der Waals surface area contributed by atoms with Crippen molar-refractivity contribution in [1.29, 1.82) is 0 Å². The number of nitrogens with zero attached hydrogens (tertiary/aromatic N) is 3. The molecule has 1 aromatic heterocycles. The second kappa shape index (κ2) is 7.76. The van der Waals surface area contributed by atoms with E-state index in [1.54, 1.807) is 6.92 Å². The highest BCUT2D eigenvalue weighted by atomic mass is 16.5. The zero-order valence-electron chi connectivity index (χ0n) is 15.5. The minimum absolute atomic E-state index is 0.0346. The van der Waals surface area contributed by atoms with E-state index in [1.165, 1.54) is 5.56 Å². The summed E-state index contributed by atoms with van der Waals surface area (Å²) in [7, 11) is 0. The summed E-state index contributed by atoms with van der Waals surface area (Å²) in [5.74, 6) is 0.904. The number of aromatic nitrogens is 1. The Morgan fingerprint density at radius 1 is 1.30 bits per heavy atom. The molecular weight excluding hydrogens is 342 g/mol. The number of ether oxygens (including phenoxy) is 1. The fourth-order valence-corrected chi connectivity index (χ4v) is 3.69. The lowest BCUT2D eigenvalue weighted by molar-refractivity contribution is 0.0244. The minimum atomic E-state index is -0.498. The number of hydrogen-bond donors (Lipinski definition) is 2. The van der Waals surface area contributed by atoms with Crippen molar-refractivity contribution in [2.75, 3.05) is 31.2 Å². The van der Waals surface area contributed by atoms with Crippen LogP contribution in [0.1, 0.15) is 41.7 Å². The van der Waals surface area contributed by atoms with Gasteiger partial charge in [0.2, 0.25) is 0 Å². The van der Waals surface area contributed by atoms with Gasteiger partial charge in [0.25, 0.3) is 0 Å². The number of aliphatic hydroxyl groups is 2. The Labute approximate surface area is 159 Å². The topological polar surface area (TPSA) is 78.2 Å². The molecule has 2 aliphatic rings. The Kier molecular flexibility index (Phi) is 5.20. The van der Waals surface area contributed by atoms with Crippen molar-refractivity contribution in [1.82, 2.24) is 4.98 Å². The molecule has 1 saturated heterocycles. The van der Waals surface area contributed by atoms with Gasteiger partial charge in [-0.1, -0.05) is 12.1 Å². The van der Waals surface area contributed by atoms with Crippen LogP contribution < -0.4 is 4.90 Å². The zero-order valence-corrected chi connectivity index (χ0v) is 15.5. The number of morpholine rings is 1. The maximum Gasteiger partial charge on any atom is 0.129 e. The van der Waals surface area contributed by atoms with Crippen molar-refractivity contribution >= 4 is 11.5 Å². The highest BCUT2D eigenvalue weighted by Gasteiger charge is 2.23. The van der Waals surface area contributed by atoms with Crippen LogP contribution in [-0.2, 0) is 11.3 Å². The maximum atomic E-state index is 9.91. The van der Waals surface area contributed by atoms with E-state index in [4.69, 9.17) is 14.8 Å². The van der Waals surface area contributed by atoms with Crippen LogP contribution in [0.2, 0.25) is 0 Å². The van der Waals surface area contributed by atoms with Crippen molar-refractivity contribution in [3.63, 3.8) is 0 Å². The molecule has 0 spiro atoms. The average molecular weight is 367 g/mol. The van der Waals surface area contributed by atoms with Crippen molar-refractivity contribution in [3.05, 3.63) is 58.8 Å². The molecule has 2 N–H and O–H groups in total. The molecule has 27 heavy (non-hydrogen) atoms. The largest absolute Gasteiger partial charge is 0.396 e. The van der Waals surface area contributed by atoms with Crippen molar-refractivity contribution in [2.24, 2.45) is 4.99 Å². The van der Waals surface area contributed by atoms with Crippen molar-refractivity contribution < 1.29 is 14.9 Å². The van der Waals surface area contributed by atoms with Gasteiger partial charge in [-0.25, -0.2) is 4.98 Å². The fourth-order valence-electron chi connectivity index (χ4n) is 3.69. The lowest BCUT2D eigenvalue weighted by Gasteiger charge is -2.33. The van der Waals surface area contributed by atoms with Gasteiger partial charge in [0.15, 0.2) is 0 Å². The molecule has 142 valence electrons. The van der Waals surface area contributed by atoms with Gasteiger partial charge < -0.3 is 19.8 Å². The molecular formula is C21H25N3O3. The number of hydrogen-bond acceptors (Lipinski definition) is 6. The van der Waals surface area contributed by atoms with Crippen LogP contribution in [0.15, 0.2) is 41.5 Å². The molecule has 1 aromatic carbocycles. The molecule has 4 rings (SSSR count). The molecule has 3 heterocycles. The number of benzene rings is 1. The lowest BCUT2D eigenvalue weighted by Crippen LogP contribution is -2.43. The van der Waals surface area contributed by atoms with Crippen LogP contribution in [-0.4, -0.2) is 53.3 Å². The number of aliphatic imine (C=N–C) groups is 1. The Bertz CT molecular complexity index is 848. The molecule has 2 aromatic rings. The first kappa shape index (κ1) is 18.1. The number of anilines is 1. The van der Waals surface area contributed by atoms with Crippen LogP contribution in [0, 0.1) is 0 Å². The summed E-state index contributed by atoms with van der Waals surface area (Å²) < 4.78 is 5.71. The molecule has 0 amide bonds. The smallest absolute Gasteiger partial charge is 0.129 e. The summed E-state index contributed by atoms with van der Waals surface area (Å²) in [5, 5.41) is 19.1. The van der Waals surface area contributed by atoms with E-state index in [9.17, 15) is 5.11 Å². The number of rotatable bonds is 5. The molecule has 2 unspecified atom stereocenters. The number of pyridine rings is 1. The standard InChI is InChI=1S/C21H25N3O3/c1-14(26)15-2-3-17-12-23-21(19(17)10-15)16-4-6-22-20(11-16)24-7-9-27-18(13-24)5-8-25/h2-4,6,10-11,14,18,25-26H,5,7-9,12-13H2,1H3. The van der Waals surface area contributed by atoms with Crippen molar-refractivity contribution in [2.45, 2.75) is 32.1 Å². The average Bonchev–Trinajstić information content (AvgIpc) is 3.12. The molecule has 0 saturated carbocycles. The van der Waals surface area contributed by atoms with Crippen molar-refractivity contribution in [3.8, 4) is 0 Å². The van der Waals surface area contributed by atoms with Gasteiger partial charge in [-0.15, -0.1) is 0 Å². The van der Waals surface area contributed by atoms with Crippen LogP contribution in [0.4, 0.5) is 5.82 Å². The van der Waals surface area contributed by atoms with Crippen LogP contribution >= 0.6 is 0 Å². The van der Waals surface area contributed by atoms with Gasteiger partial charge in [0, 0.05) is 37.0 Å². The van der Waals surface area contributed by atoms with Gasteiger partial charge in [0.05, 0.1) is 31.1 Å². The van der Waals surface area contributed by atoms with Gasteiger partial charge >= 0.3 is 0 Å². The summed E-state index contributed by atoms with van der Waals surface area (Å²) in [6.45, 7) is 4.72. The first-order valence-electron chi connectivity index (χ1n) is 9.45. The van der Waals surface area contributed by atoms with E-state index in [1.807, 2.05) is 24.4 Å². The number of aliphatic hydroxyl groups excluding tert-OH is 2. The summed E-state index contributed by atoms with van der Waals surface area (Å²) in [6, 6.07) is 10.1. The molecule has 2 atom stereocenters. The third-order valence-corrected chi connectivity index (χ3v) is 5.21. The highest BCUT2D eigenvalue weighted by molar-refractivity contribution is 6.15. The summed E-state index contributed by atoms with van der Waals surface area (Å²) in [4.78, 5) is 11.5. The van der Waals surface area contributed by atoms with E-state index in [-0.39, 0.29) is 12.7 Å². The second-order valence-corrected chi connectivity index (χ2v) is 7.11. The predicted octanol–water partition coefficient (Wildman–Crippen LogP) is 2.07. The predicted molar refractivity (Wildman–Crippen MR) is 104 cm³/mol. The monoisotopic (exact) mass is 367 g/mol. The van der Waals surface area contributed by atoms with Crippen LogP contribution in [0.3, 0.4) is 0 Å². The summed E-state index contributed by atoms with van der Waals surface area (Å²) in [6.07, 6.45) is 1.99. The number of fused-ring (bicyclic) bond motifs is 1. The fraction of sp³-hybridized carbons (Fsp3) is 0.429. The van der Waals surface area contributed by atoms with Gasteiger partial charge in [0.1, 0.15) is 5.82 Å². The first-order chi connectivity index (χ1) is 13.2. The van der Waals surface area contributed by atoms with Gasteiger partial charge in [-0.3, -0.25) is 4.99 Å². The molecule has 6 heteroatoms. The minimum Gasteiger partial charge on any atom is -0.396 e. The Hall–Kier alpha value is -2.28.